The van der Waals surface area contributed by atoms with Gasteiger partial charge in [-0.1, -0.05) is 49.7 Å². The third-order valence-electron chi connectivity index (χ3n) is 4.86. The quantitative estimate of drug-likeness (QED) is 0.477. The smallest absolute Gasteiger partial charge is 0.255 e. The predicted molar refractivity (Wildman–Crippen MR) is 122 cm³/mol. The maximum Gasteiger partial charge on any atom is 0.255 e. The van der Waals surface area contributed by atoms with Gasteiger partial charge in [0.15, 0.2) is 0 Å². The van der Waals surface area contributed by atoms with Crippen LogP contribution in [0.2, 0.25) is 0 Å². The molecule has 156 valence electrons. The first-order valence-electron chi connectivity index (χ1n) is 10.3. The van der Waals surface area contributed by atoms with Crippen LogP contribution >= 0.6 is 0 Å². The standard InChI is InChI=1S/C26H29NO3/c1-5-29-24-15-12-20(26(28)27-22-13-10-19(4)11-14-22)16-21(24)17-30-25-9-7-6-8-23(25)18(2)3/h6-16,18H,5,17H2,1-4H3,(H,27,28). The van der Waals surface area contributed by atoms with Crippen molar-refractivity contribution < 1.29 is 14.3 Å². The first-order valence-corrected chi connectivity index (χ1v) is 10.3. The van der Waals surface area contributed by atoms with E-state index in [1.54, 1.807) is 6.07 Å². The number of carbonyl (C=O) groups excluding carboxylic acids is 1. The van der Waals surface area contributed by atoms with E-state index in [-0.39, 0.29) is 5.91 Å². The molecule has 3 aromatic carbocycles. The van der Waals surface area contributed by atoms with E-state index >= 15 is 0 Å². The van der Waals surface area contributed by atoms with Crippen molar-refractivity contribution in [2.75, 3.05) is 11.9 Å². The lowest BCUT2D eigenvalue weighted by atomic mass is 10.0. The lowest BCUT2D eigenvalue weighted by Crippen LogP contribution is -2.13. The second-order valence-electron chi connectivity index (χ2n) is 7.56. The van der Waals surface area contributed by atoms with Crippen LogP contribution in [-0.2, 0) is 6.61 Å². The van der Waals surface area contributed by atoms with Crippen molar-refractivity contribution in [2.45, 2.75) is 40.2 Å². The van der Waals surface area contributed by atoms with Crippen molar-refractivity contribution in [1.82, 2.24) is 0 Å². The Hall–Kier alpha value is -3.27. The van der Waals surface area contributed by atoms with Gasteiger partial charge in [-0.05, 0) is 61.7 Å². The number of nitrogens with one attached hydrogen (secondary N) is 1. The van der Waals surface area contributed by atoms with E-state index in [4.69, 9.17) is 9.47 Å². The molecule has 3 aromatic rings. The molecule has 1 N–H and O–H groups in total. The van der Waals surface area contributed by atoms with Gasteiger partial charge in [-0.25, -0.2) is 0 Å². The van der Waals surface area contributed by atoms with Crippen molar-refractivity contribution in [2.24, 2.45) is 0 Å². The number of para-hydroxylation sites is 1. The molecule has 0 saturated heterocycles. The number of anilines is 1. The molecule has 0 radical (unpaired) electrons. The summed E-state index contributed by atoms with van der Waals surface area (Å²) in [6, 6.07) is 21.2. The number of aryl methyl sites for hydroxylation is 1. The summed E-state index contributed by atoms with van der Waals surface area (Å²) in [6.07, 6.45) is 0. The van der Waals surface area contributed by atoms with Crippen LogP contribution in [0.5, 0.6) is 11.5 Å². The Bertz CT molecular complexity index is 993. The molecule has 30 heavy (non-hydrogen) atoms. The zero-order valence-electron chi connectivity index (χ0n) is 18.1. The molecule has 1 amide bonds. The molecule has 0 spiro atoms. The van der Waals surface area contributed by atoms with Crippen LogP contribution in [-0.4, -0.2) is 12.5 Å². The van der Waals surface area contributed by atoms with Crippen LogP contribution in [0.1, 0.15) is 53.7 Å². The Kier molecular flexibility index (Phi) is 7.12. The fraction of sp³-hybridized carbons (Fsp3) is 0.269. The highest BCUT2D eigenvalue weighted by atomic mass is 16.5. The Morgan fingerprint density at radius 2 is 1.67 bits per heavy atom. The highest BCUT2D eigenvalue weighted by Gasteiger charge is 2.13. The lowest BCUT2D eigenvalue weighted by molar-refractivity contribution is 0.102. The summed E-state index contributed by atoms with van der Waals surface area (Å²) in [6.45, 7) is 9.11. The Morgan fingerprint density at radius 3 is 2.37 bits per heavy atom. The number of ether oxygens (including phenoxy) is 2. The minimum Gasteiger partial charge on any atom is -0.493 e. The van der Waals surface area contributed by atoms with Crippen molar-refractivity contribution >= 4 is 11.6 Å². The third-order valence-corrected chi connectivity index (χ3v) is 4.86. The Labute approximate surface area is 178 Å². The summed E-state index contributed by atoms with van der Waals surface area (Å²) in [5, 5.41) is 2.94. The average Bonchev–Trinajstić information content (AvgIpc) is 2.75. The topological polar surface area (TPSA) is 47.6 Å². The molecule has 0 unspecified atom stereocenters. The van der Waals surface area contributed by atoms with Gasteiger partial charge >= 0.3 is 0 Å². The highest BCUT2D eigenvalue weighted by Crippen LogP contribution is 2.28. The zero-order valence-corrected chi connectivity index (χ0v) is 18.1. The molecule has 0 atom stereocenters. The van der Waals surface area contributed by atoms with Crippen molar-refractivity contribution in [3.8, 4) is 11.5 Å². The fourth-order valence-corrected chi connectivity index (χ4v) is 3.21. The van der Waals surface area contributed by atoms with Crippen LogP contribution in [0.25, 0.3) is 0 Å². The lowest BCUT2D eigenvalue weighted by Gasteiger charge is -2.16. The molecule has 4 heteroatoms. The third kappa shape index (κ3) is 5.41. The van der Waals surface area contributed by atoms with E-state index in [0.717, 1.165) is 33.9 Å². The van der Waals surface area contributed by atoms with E-state index in [9.17, 15) is 4.79 Å². The molecule has 0 saturated carbocycles. The predicted octanol–water partition coefficient (Wildman–Crippen LogP) is 6.35. The average molecular weight is 404 g/mol. The number of amides is 1. The molecule has 0 aliphatic heterocycles. The molecule has 0 heterocycles. The summed E-state index contributed by atoms with van der Waals surface area (Å²) in [4.78, 5) is 12.7. The number of carbonyl (C=O) groups is 1. The SMILES string of the molecule is CCOc1ccc(C(=O)Nc2ccc(C)cc2)cc1COc1ccccc1C(C)C. The van der Waals surface area contributed by atoms with Gasteiger partial charge in [-0.15, -0.1) is 0 Å². The van der Waals surface area contributed by atoms with E-state index in [2.05, 4.69) is 25.2 Å². The molecule has 4 nitrogen and oxygen atoms in total. The van der Waals surface area contributed by atoms with Crippen LogP contribution in [0.15, 0.2) is 66.7 Å². The van der Waals surface area contributed by atoms with Gasteiger partial charge in [0.2, 0.25) is 0 Å². The molecule has 0 bridgehead atoms. The molecule has 0 fully saturated rings. The van der Waals surface area contributed by atoms with E-state index in [1.807, 2.05) is 68.4 Å². The summed E-state index contributed by atoms with van der Waals surface area (Å²) < 4.78 is 11.9. The van der Waals surface area contributed by atoms with Gasteiger partial charge in [0.1, 0.15) is 18.1 Å². The van der Waals surface area contributed by atoms with Crippen LogP contribution < -0.4 is 14.8 Å². The minimum absolute atomic E-state index is 0.161. The molecular weight excluding hydrogens is 374 g/mol. The number of hydrogen-bond acceptors (Lipinski definition) is 3. The summed E-state index contributed by atoms with van der Waals surface area (Å²) in [5.41, 5.74) is 4.48. The van der Waals surface area contributed by atoms with Crippen molar-refractivity contribution in [1.29, 1.82) is 0 Å². The molecular formula is C26H29NO3. The highest BCUT2D eigenvalue weighted by molar-refractivity contribution is 6.04. The Balaban J connectivity index is 1.80. The maximum atomic E-state index is 12.7. The zero-order chi connectivity index (χ0) is 21.5. The minimum atomic E-state index is -0.161. The first kappa shape index (κ1) is 21.4. The molecule has 0 aliphatic rings. The number of hydrogen-bond donors (Lipinski definition) is 1. The molecule has 0 aromatic heterocycles. The van der Waals surface area contributed by atoms with E-state index in [0.29, 0.717) is 24.7 Å². The van der Waals surface area contributed by atoms with Crippen LogP contribution in [0.4, 0.5) is 5.69 Å². The largest absolute Gasteiger partial charge is 0.493 e. The van der Waals surface area contributed by atoms with E-state index in [1.165, 1.54) is 0 Å². The van der Waals surface area contributed by atoms with Gasteiger partial charge in [-0.2, -0.15) is 0 Å². The van der Waals surface area contributed by atoms with Crippen LogP contribution in [0.3, 0.4) is 0 Å². The van der Waals surface area contributed by atoms with Crippen molar-refractivity contribution in [3.63, 3.8) is 0 Å². The number of rotatable bonds is 8. The van der Waals surface area contributed by atoms with Gasteiger partial charge < -0.3 is 14.8 Å². The second-order valence-corrected chi connectivity index (χ2v) is 7.56. The summed E-state index contributed by atoms with van der Waals surface area (Å²) in [7, 11) is 0. The normalized spacial score (nSPS) is 10.7. The van der Waals surface area contributed by atoms with Gasteiger partial charge in [0.05, 0.1) is 6.61 Å². The second kappa shape index (κ2) is 9.97. The van der Waals surface area contributed by atoms with Gasteiger partial charge in [-0.3, -0.25) is 4.79 Å². The monoisotopic (exact) mass is 403 g/mol. The summed E-state index contributed by atoms with van der Waals surface area (Å²) >= 11 is 0. The fourth-order valence-electron chi connectivity index (χ4n) is 3.21. The van der Waals surface area contributed by atoms with E-state index < -0.39 is 0 Å². The Morgan fingerprint density at radius 1 is 0.933 bits per heavy atom. The molecule has 0 aliphatic carbocycles. The van der Waals surface area contributed by atoms with Gasteiger partial charge in [0.25, 0.3) is 5.91 Å². The van der Waals surface area contributed by atoms with Crippen molar-refractivity contribution in [3.05, 3.63) is 89.0 Å². The maximum absolute atomic E-state index is 12.7. The summed E-state index contributed by atoms with van der Waals surface area (Å²) in [5.74, 6) is 1.78. The molecule has 3 rings (SSSR count). The number of benzene rings is 3. The van der Waals surface area contributed by atoms with Crippen LogP contribution in [0, 0.1) is 6.92 Å². The first-order chi connectivity index (χ1) is 14.5. The van der Waals surface area contributed by atoms with Gasteiger partial charge in [0, 0.05) is 16.8 Å².